The minimum atomic E-state index is -1.49. The Morgan fingerprint density at radius 2 is 0.893 bits per heavy atom. The van der Waals surface area contributed by atoms with Crippen molar-refractivity contribution >= 4 is 23.9 Å². The monoisotopic (exact) mass is 444 g/mol. The van der Waals surface area contributed by atoms with E-state index in [1.54, 1.807) is 0 Å². The van der Waals surface area contributed by atoms with Gasteiger partial charge in [-0.3, -0.25) is 0 Å². The molecule has 0 atom stereocenters. The van der Waals surface area contributed by atoms with Gasteiger partial charge in [-0.1, -0.05) is 12.1 Å². The van der Waals surface area contributed by atoms with Gasteiger partial charge in [-0.15, -0.1) is 0 Å². The summed E-state index contributed by atoms with van der Waals surface area (Å²) in [4.78, 5) is 47.6. The van der Waals surface area contributed by atoms with Crippen molar-refractivity contribution in [2.75, 3.05) is 0 Å². The third kappa shape index (κ3) is 9.89. The second-order valence-electron chi connectivity index (χ2n) is 4.00. The summed E-state index contributed by atoms with van der Waals surface area (Å²) in [6.07, 6.45) is 0. The fraction of sp³-hybridized carbons (Fsp3) is 0. The number of carbonyl (C=O) groups excluding carboxylic acids is 2. The van der Waals surface area contributed by atoms with E-state index in [1.807, 2.05) is 0 Å². The molecular formula is C14H14N2NiO11. The molecule has 0 aromatic carbocycles. The zero-order valence-corrected chi connectivity index (χ0v) is 14.5. The first kappa shape index (κ1) is 32.2. The normalized spacial score (nSPS) is 8.00. The summed E-state index contributed by atoms with van der Waals surface area (Å²) < 4.78 is 0. The molecule has 0 unspecified atom stereocenters. The molecule has 2 heterocycles. The Morgan fingerprint density at radius 3 is 1.11 bits per heavy atom. The van der Waals surface area contributed by atoms with E-state index in [1.165, 1.54) is 36.4 Å². The van der Waals surface area contributed by atoms with E-state index in [0.29, 0.717) is 0 Å². The molecule has 2 aromatic heterocycles. The van der Waals surface area contributed by atoms with Crippen LogP contribution in [0, 0.1) is 0 Å². The number of aromatic nitrogens is 2. The van der Waals surface area contributed by atoms with Crippen molar-refractivity contribution in [3.05, 3.63) is 59.2 Å². The minimum Gasteiger partial charge on any atom is -0.543 e. The topological polar surface area (TPSA) is 275 Å². The SMILES string of the molecule is O.O.O.O=C([O-])c1cccc(C(=O)O)n1.O=C([O-])c1cccc(C(=O)O)n1.[Ni+2]. The third-order valence-electron chi connectivity index (χ3n) is 2.35. The molecule has 0 amide bonds. The average molecular weight is 445 g/mol. The number of nitrogens with zero attached hydrogens (tertiary/aromatic N) is 2. The van der Waals surface area contributed by atoms with Crippen molar-refractivity contribution in [3.8, 4) is 0 Å². The Morgan fingerprint density at radius 1 is 0.643 bits per heavy atom. The summed E-state index contributed by atoms with van der Waals surface area (Å²) in [6.45, 7) is 0. The fourth-order valence-electron chi connectivity index (χ4n) is 1.34. The number of aromatic carboxylic acids is 4. The van der Waals surface area contributed by atoms with Gasteiger partial charge in [-0.2, -0.15) is 0 Å². The molecule has 14 heteroatoms. The van der Waals surface area contributed by atoms with Crippen molar-refractivity contribution in [1.82, 2.24) is 9.97 Å². The fourth-order valence-corrected chi connectivity index (χ4v) is 1.34. The Kier molecular flexibility index (Phi) is 16.9. The van der Waals surface area contributed by atoms with Crippen molar-refractivity contribution < 1.29 is 72.5 Å². The summed E-state index contributed by atoms with van der Waals surface area (Å²) in [5.41, 5.74) is -1.38. The first-order valence-corrected chi connectivity index (χ1v) is 6.05. The largest absolute Gasteiger partial charge is 2.00 e. The number of hydrogen-bond donors (Lipinski definition) is 2. The van der Waals surface area contributed by atoms with Crippen molar-refractivity contribution in [2.24, 2.45) is 0 Å². The van der Waals surface area contributed by atoms with Crippen LogP contribution in [-0.4, -0.2) is 60.5 Å². The van der Waals surface area contributed by atoms with E-state index in [-0.39, 0.29) is 55.7 Å². The Labute approximate surface area is 166 Å². The number of carbonyl (C=O) groups is 4. The molecular weight excluding hydrogens is 431 g/mol. The van der Waals surface area contributed by atoms with Crippen LogP contribution in [0.5, 0.6) is 0 Å². The molecule has 0 fully saturated rings. The molecule has 2 rings (SSSR count). The van der Waals surface area contributed by atoms with Gasteiger partial charge in [0.2, 0.25) is 0 Å². The predicted molar refractivity (Wildman–Crippen MR) is 81.9 cm³/mol. The summed E-state index contributed by atoms with van der Waals surface area (Å²) in [5, 5.41) is 37.2. The van der Waals surface area contributed by atoms with Crippen LogP contribution in [-0.2, 0) is 16.5 Å². The number of pyridine rings is 2. The van der Waals surface area contributed by atoms with E-state index in [0.717, 1.165) is 0 Å². The smallest absolute Gasteiger partial charge is 0.543 e. The maximum absolute atomic E-state index is 10.3. The summed E-state index contributed by atoms with van der Waals surface area (Å²) >= 11 is 0. The van der Waals surface area contributed by atoms with Crippen molar-refractivity contribution in [2.45, 2.75) is 0 Å². The van der Waals surface area contributed by atoms with Crippen molar-refractivity contribution in [3.63, 3.8) is 0 Å². The molecule has 156 valence electrons. The average Bonchev–Trinajstić information content (AvgIpc) is 2.55. The van der Waals surface area contributed by atoms with E-state index in [9.17, 15) is 29.4 Å². The molecule has 0 aliphatic rings. The number of hydrogen-bond acceptors (Lipinski definition) is 8. The van der Waals surface area contributed by atoms with Crippen LogP contribution in [0.4, 0.5) is 0 Å². The number of carboxylic acids is 4. The predicted octanol–water partition coefficient (Wildman–Crippen LogP) is -4.19. The molecule has 0 bridgehead atoms. The summed E-state index contributed by atoms with van der Waals surface area (Å²) in [5.74, 6) is -5.51. The summed E-state index contributed by atoms with van der Waals surface area (Å²) in [7, 11) is 0. The van der Waals surface area contributed by atoms with Gasteiger partial charge >= 0.3 is 28.4 Å². The first-order chi connectivity index (χ1) is 11.2. The quantitative estimate of drug-likeness (QED) is 0.428. The van der Waals surface area contributed by atoms with E-state index < -0.39 is 23.9 Å². The van der Waals surface area contributed by atoms with Crippen LogP contribution in [0.3, 0.4) is 0 Å². The van der Waals surface area contributed by atoms with Gasteiger partial charge < -0.3 is 46.4 Å². The molecule has 0 aliphatic carbocycles. The second-order valence-corrected chi connectivity index (χ2v) is 4.00. The van der Waals surface area contributed by atoms with Gasteiger partial charge in [-0.05, 0) is 24.3 Å². The van der Waals surface area contributed by atoms with Gasteiger partial charge in [0.1, 0.15) is 11.4 Å². The Balaban J connectivity index is -0.000000180. The molecule has 0 aliphatic heterocycles. The molecule has 0 saturated carbocycles. The van der Waals surface area contributed by atoms with Crippen LogP contribution in [0.15, 0.2) is 36.4 Å². The standard InChI is InChI=1S/2C7H5NO4.Ni.3H2O/c2*9-6(10)4-2-1-3-5(8-4)7(11)12;;;;/h2*1-3H,(H,9,10)(H,11,12);;3*1H2/q;;+2;;;/p-2. The van der Waals surface area contributed by atoms with Crippen LogP contribution < -0.4 is 10.2 Å². The van der Waals surface area contributed by atoms with Gasteiger partial charge in [0.05, 0.1) is 23.3 Å². The number of carboxylic acid groups (broad SMARTS) is 4. The minimum absolute atomic E-state index is 0. The van der Waals surface area contributed by atoms with Gasteiger partial charge in [-0.25, -0.2) is 19.6 Å². The Bertz CT molecular complexity index is 687. The number of rotatable bonds is 4. The van der Waals surface area contributed by atoms with Crippen LogP contribution in [0.1, 0.15) is 42.0 Å². The van der Waals surface area contributed by atoms with E-state index >= 15 is 0 Å². The van der Waals surface area contributed by atoms with Gasteiger partial charge in [0, 0.05) is 0 Å². The van der Waals surface area contributed by atoms with E-state index in [2.05, 4.69) is 9.97 Å². The molecule has 28 heavy (non-hydrogen) atoms. The molecule has 13 nitrogen and oxygen atoms in total. The van der Waals surface area contributed by atoms with E-state index in [4.69, 9.17) is 10.2 Å². The maximum atomic E-state index is 10.3. The maximum Gasteiger partial charge on any atom is 2.00 e. The molecule has 0 saturated heterocycles. The molecule has 0 radical (unpaired) electrons. The van der Waals surface area contributed by atoms with Crippen LogP contribution >= 0.6 is 0 Å². The zero-order valence-electron chi connectivity index (χ0n) is 13.5. The van der Waals surface area contributed by atoms with Crippen LogP contribution in [0.2, 0.25) is 0 Å². The van der Waals surface area contributed by atoms with Crippen molar-refractivity contribution in [1.29, 1.82) is 0 Å². The second kappa shape index (κ2) is 14.7. The molecule has 8 N–H and O–H groups in total. The summed E-state index contributed by atoms with van der Waals surface area (Å²) in [6, 6.07) is 7.33. The first-order valence-electron chi connectivity index (χ1n) is 6.05. The molecule has 2 aromatic rings. The Hall–Kier alpha value is -3.45. The zero-order chi connectivity index (χ0) is 18.3. The third-order valence-corrected chi connectivity index (χ3v) is 2.35. The van der Waals surface area contributed by atoms with Gasteiger partial charge in [0.25, 0.3) is 0 Å². The molecule has 0 spiro atoms. The van der Waals surface area contributed by atoms with Gasteiger partial charge in [0.15, 0.2) is 0 Å². The van der Waals surface area contributed by atoms with Crippen LogP contribution in [0.25, 0.3) is 0 Å².